The minimum atomic E-state index is 0.665. The Morgan fingerprint density at radius 1 is 1.04 bits per heavy atom. The summed E-state index contributed by atoms with van der Waals surface area (Å²) in [6.45, 7) is 9.81. The number of hydrogen-bond acceptors (Lipinski definition) is 2. The number of aromatic nitrogens is 2. The molecule has 0 aliphatic rings. The van der Waals surface area contributed by atoms with Gasteiger partial charge < -0.3 is 10.3 Å². The van der Waals surface area contributed by atoms with Gasteiger partial charge in [-0.1, -0.05) is 13.8 Å². The van der Waals surface area contributed by atoms with Gasteiger partial charge in [-0.3, -0.25) is 0 Å². The zero-order valence-corrected chi connectivity index (χ0v) is 14.4. The van der Waals surface area contributed by atoms with Crippen LogP contribution in [0.5, 0.6) is 0 Å². The first-order valence-electron chi connectivity index (χ1n) is 8.29. The van der Waals surface area contributed by atoms with Gasteiger partial charge in [0.15, 0.2) is 0 Å². The third-order valence-corrected chi connectivity index (χ3v) is 4.46. The highest BCUT2D eigenvalue weighted by molar-refractivity contribution is 5.82. The molecule has 2 N–H and O–H groups in total. The SMILES string of the molecule is Cc1cc2nc(-c3ccc(N)cc3)n(CCC(C)C)c2cc1C. The lowest BCUT2D eigenvalue weighted by atomic mass is 10.1. The highest BCUT2D eigenvalue weighted by Crippen LogP contribution is 2.28. The maximum absolute atomic E-state index is 5.83. The van der Waals surface area contributed by atoms with Crippen molar-refractivity contribution in [3.05, 3.63) is 47.5 Å². The summed E-state index contributed by atoms with van der Waals surface area (Å²) in [5.74, 6) is 1.70. The third kappa shape index (κ3) is 3.09. The molecule has 3 heteroatoms. The fourth-order valence-corrected chi connectivity index (χ4v) is 2.85. The molecule has 0 fully saturated rings. The van der Waals surface area contributed by atoms with E-state index in [1.54, 1.807) is 0 Å². The Kier molecular flexibility index (Phi) is 4.12. The number of aryl methyl sites for hydroxylation is 3. The van der Waals surface area contributed by atoms with Gasteiger partial charge in [0.25, 0.3) is 0 Å². The normalized spacial score (nSPS) is 11.5. The van der Waals surface area contributed by atoms with Crippen molar-refractivity contribution in [3.8, 4) is 11.4 Å². The van der Waals surface area contributed by atoms with Gasteiger partial charge in [-0.15, -0.1) is 0 Å². The van der Waals surface area contributed by atoms with Crippen molar-refractivity contribution < 1.29 is 0 Å². The number of hydrogen-bond donors (Lipinski definition) is 1. The van der Waals surface area contributed by atoms with Crippen molar-refractivity contribution in [2.24, 2.45) is 5.92 Å². The van der Waals surface area contributed by atoms with Crippen LogP contribution >= 0.6 is 0 Å². The molecular weight excluding hydrogens is 282 g/mol. The molecule has 0 saturated carbocycles. The Bertz CT molecular complexity index is 826. The predicted octanol–water partition coefficient (Wildman–Crippen LogP) is 4.95. The van der Waals surface area contributed by atoms with Crippen LogP contribution in [-0.4, -0.2) is 9.55 Å². The number of fused-ring (bicyclic) bond motifs is 1. The summed E-state index contributed by atoms with van der Waals surface area (Å²) in [7, 11) is 0. The van der Waals surface area contributed by atoms with Crippen LogP contribution in [0.15, 0.2) is 36.4 Å². The molecule has 0 aliphatic heterocycles. The van der Waals surface area contributed by atoms with Gasteiger partial charge in [0, 0.05) is 17.8 Å². The standard InChI is InChI=1S/C20H25N3/c1-13(2)9-10-23-19-12-15(4)14(3)11-18(19)22-20(23)16-5-7-17(21)8-6-16/h5-8,11-13H,9-10,21H2,1-4H3. The Hall–Kier alpha value is -2.29. The van der Waals surface area contributed by atoms with Crippen molar-refractivity contribution >= 4 is 16.7 Å². The van der Waals surface area contributed by atoms with Crippen LogP contribution in [-0.2, 0) is 6.54 Å². The van der Waals surface area contributed by atoms with E-state index in [2.05, 4.69) is 56.5 Å². The molecule has 0 unspecified atom stereocenters. The van der Waals surface area contributed by atoms with E-state index in [0.717, 1.165) is 35.6 Å². The van der Waals surface area contributed by atoms with E-state index in [-0.39, 0.29) is 0 Å². The molecule has 3 rings (SSSR count). The van der Waals surface area contributed by atoms with Gasteiger partial charge >= 0.3 is 0 Å². The Balaban J connectivity index is 2.18. The molecule has 1 heterocycles. The van der Waals surface area contributed by atoms with E-state index in [1.807, 2.05) is 12.1 Å². The topological polar surface area (TPSA) is 43.8 Å². The summed E-state index contributed by atoms with van der Waals surface area (Å²) >= 11 is 0. The van der Waals surface area contributed by atoms with Crippen LogP contribution in [0.2, 0.25) is 0 Å². The van der Waals surface area contributed by atoms with Gasteiger partial charge in [0.1, 0.15) is 5.82 Å². The number of nitrogens with two attached hydrogens (primary N) is 1. The van der Waals surface area contributed by atoms with Crippen LogP contribution in [0.25, 0.3) is 22.4 Å². The second-order valence-electron chi connectivity index (χ2n) is 6.82. The van der Waals surface area contributed by atoms with Gasteiger partial charge in [-0.2, -0.15) is 0 Å². The average Bonchev–Trinajstić information content (AvgIpc) is 2.84. The molecule has 0 aliphatic carbocycles. The summed E-state index contributed by atoms with van der Waals surface area (Å²) in [6, 6.07) is 12.5. The third-order valence-electron chi connectivity index (χ3n) is 4.46. The van der Waals surface area contributed by atoms with E-state index < -0.39 is 0 Å². The van der Waals surface area contributed by atoms with Crippen molar-refractivity contribution in [2.45, 2.75) is 40.7 Å². The summed E-state index contributed by atoms with van der Waals surface area (Å²) in [6.07, 6.45) is 1.14. The molecule has 3 nitrogen and oxygen atoms in total. The quantitative estimate of drug-likeness (QED) is 0.693. The zero-order chi connectivity index (χ0) is 16.6. The highest BCUT2D eigenvalue weighted by atomic mass is 15.1. The van der Waals surface area contributed by atoms with E-state index in [4.69, 9.17) is 10.7 Å². The van der Waals surface area contributed by atoms with Crippen LogP contribution < -0.4 is 5.73 Å². The molecule has 0 saturated heterocycles. The van der Waals surface area contributed by atoms with Crippen molar-refractivity contribution in [1.29, 1.82) is 0 Å². The number of rotatable bonds is 4. The van der Waals surface area contributed by atoms with E-state index in [1.165, 1.54) is 16.6 Å². The summed E-state index contributed by atoms with van der Waals surface area (Å²) < 4.78 is 2.35. The fraction of sp³-hybridized carbons (Fsp3) is 0.350. The summed E-state index contributed by atoms with van der Waals surface area (Å²) in [5, 5.41) is 0. The zero-order valence-electron chi connectivity index (χ0n) is 14.4. The lowest BCUT2D eigenvalue weighted by molar-refractivity contribution is 0.525. The summed E-state index contributed by atoms with van der Waals surface area (Å²) in [4.78, 5) is 4.91. The first-order chi connectivity index (χ1) is 11.0. The van der Waals surface area contributed by atoms with Crippen molar-refractivity contribution in [3.63, 3.8) is 0 Å². The Morgan fingerprint density at radius 3 is 2.35 bits per heavy atom. The van der Waals surface area contributed by atoms with Gasteiger partial charge in [-0.25, -0.2) is 4.98 Å². The van der Waals surface area contributed by atoms with Gasteiger partial charge in [0.2, 0.25) is 0 Å². The smallest absolute Gasteiger partial charge is 0.141 e. The minimum Gasteiger partial charge on any atom is -0.399 e. The molecule has 0 atom stereocenters. The molecular formula is C20H25N3. The van der Waals surface area contributed by atoms with Gasteiger partial charge in [-0.05, 0) is 73.7 Å². The number of nitrogen functional groups attached to an aromatic ring is 1. The number of benzene rings is 2. The molecule has 1 aromatic heterocycles. The van der Waals surface area contributed by atoms with E-state index >= 15 is 0 Å². The minimum absolute atomic E-state index is 0.665. The molecule has 0 amide bonds. The van der Waals surface area contributed by atoms with Gasteiger partial charge in [0.05, 0.1) is 11.0 Å². The van der Waals surface area contributed by atoms with Crippen LogP contribution in [0.1, 0.15) is 31.4 Å². The average molecular weight is 307 g/mol. The van der Waals surface area contributed by atoms with E-state index in [9.17, 15) is 0 Å². The maximum atomic E-state index is 5.83. The fourth-order valence-electron chi connectivity index (χ4n) is 2.85. The molecule has 0 radical (unpaired) electrons. The lowest BCUT2D eigenvalue weighted by Crippen LogP contribution is -2.04. The predicted molar refractivity (Wildman–Crippen MR) is 98.5 cm³/mol. The highest BCUT2D eigenvalue weighted by Gasteiger charge is 2.14. The molecule has 23 heavy (non-hydrogen) atoms. The van der Waals surface area contributed by atoms with Crippen molar-refractivity contribution in [1.82, 2.24) is 9.55 Å². The maximum Gasteiger partial charge on any atom is 0.141 e. The Morgan fingerprint density at radius 2 is 1.70 bits per heavy atom. The van der Waals surface area contributed by atoms with E-state index in [0.29, 0.717) is 5.92 Å². The summed E-state index contributed by atoms with van der Waals surface area (Å²) in [5.41, 5.74) is 12.6. The number of anilines is 1. The second-order valence-corrected chi connectivity index (χ2v) is 6.82. The molecule has 0 spiro atoms. The first-order valence-corrected chi connectivity index (χ1v) is 8.29. The Labute approximate surface area is 138 Å². The first kappa shape index (κ1) is 15.6. The van der Waals surface area contributed by atoms with Crippen LogP contribution in [0.4, 0.5) is 5.69 Å². The molecule has 120 valence electrons. The molecule has 3 aromatic rings. The van der Waals surface area contributed by atoms with Crippen molar-refractivity contribution in [2.75, 3.05) is 5.73 Å². The van der Waals surface area contributed by atoms with Crippen LogP contribution in [0, 0.1) is 19.8 Å². The monoisotopic (exact) mass is 307 g/mol. The number of imidazole rings is 1. The van der Waals surface area contributed by atoms with Crippen LogP contribution in [0.3, 0.4) is 0 Å². The lowest BCUT2D eigenvalue weighted by Gasteiger charge is -2.12. The number of nitrogens with zero attached hydrogens (tertiary/aromatic N) is 2. The molecule has 0 bridgehead atoms. The molecule has 2 aromatic carbocycles. The largest absolute Gasteiger partial charge is 0.399 e. The second kappa shape index (κ2) is 6.07.